The van der Waals surface area contributed by atoms with E-state index in [0.29, 0.717) is 31.7 Å². The van der Waals surface area contributed by atoms with Crippen LogP contribution in [-0.4, -0.2) is 45.4 Å². The van der Waals surface area contributed by atoms with Crippen LogP contribution in [0.15, 0.2) is 39.9 Å². The lowest BCUT2D eigenvalue weighted by molar-refractivity contribution is 0.0747. The molecule has 2 heterocycles. The highest BCUT2D eigenvalue weighted by atomic mass is 32.2. The van der Waals surface area contributed by atoms with E-state index < -0.39 is 10.0 Å². The van der Waals surface area contributed by atoms with Crippen molar-refractivity contribution in [1.29, 1.82) is 0 Å². The largest absolute Gasteiger partial charge is 0.368 e. The van der Waals surface area contributed by atoms with Gasteiger partial charge >= 0.3 is 0 Å². The Morgan fingerprint density at radius 2 is 1.75 bits per heavy atom. The van der Waals surface area contributed by atoms with Crippen LogP contribution in [0, 0.1) is 5.82 Å². The number of hydrogen-bond donors (Lipinski definition) is 1. The summed E-state index contributed by atoms with van der Waals surface area (Å²) in [6.45, 7) is 2.28. The molecule has 0 aliphatic carbocycles. The average molecular weight is 369 g/mol. The number of carbonyl (C=O) groups is 1. The number of piperazine rings is 1. The lowest BCUT2D eigenvalue weighted by Crippen LogP contribution is -2.48. The van der Waals surface area contributed by atoms with Gasteiger partial charge in [-0.2, -0.15) is 0 Å². The van der Waals surface area contributed by atoms with Crippen molar-refractivity contribution in [2.75, 3.05) is 31.1 Å². The van der Waals surface area contributed by atoms with Gasteiger partial charge in [-0.3, -0.25) is 4.79 Å². The molecule has 1 amide bonds. The van der Waals surface area contributed by atoms with E-state index in [0.717, 1.165) is 17.0 Å². The molecule has 0 radical (unpaired) electrons. The zero-order valence-corrected chi connectivity index (χ0v) is 14.3. The van der Waals surface area contributed by atoms with Crippen LogP contribution >= 0.6 is 11.3 Å². The zero-order chi connectivity index (χ0) is 17.3. The number of carbonyl (C=O) groups excluding carboxylic acids is 1. The molecule has 1 saturated heterocycles. The van der Waals surface area contributed by atoms with Gasteiger partial charge in [0, 0.05) is 37.2 Å². The van der Waals surface area contributed by atoms with E-state index in [1.54, 1.807) is 17.0 Å². The second-order valence-electron chi connectivity index (χ2n) is 5.46. The molecule has 6 nitrogen and oxygen atoms in total. The molecule has 1 aliphatic heterocycles. The zero-order valence-electron chi connectivity index (χ0n) is 12.7. The minimum absolute atomic E-state index is 0.0178. The molecule has 0 spiro atoms. The van der Waals surface area contributed by atoms with E-state index in [1.807, 2.05) is 0 Å². The van der Waals surface area contributed by atoms with Gasteiger partial charge in [-0.15, -0.1) is 11.3 Å². The Balaban J connectivity index is 1.65. The van der Waals surface area contributed by atoms with Crippen molar-refractivity contribution in [3.8, 4) is 0 Å². The predicted molar refractivity (Wildman–Crippen MR) is 90.2 cm³/mol. The van der Waals surface area contributed by atoms with Crippen molar-refractivity contribution in [3.63, 3.8) is 0 Å². The number of thiophene rings is 1. The molecule has 0 saturated carbocycles. The first-order valence-corrected chi connectivity index (χ1v) is 9.68. The lowest BCUT2D eigenvalue weighted by Gasteiger charge is -2.36. The number of primary sulfonamides is 1. The summed E-state index contributed by atoms with van der Waals surface area (Å²) in [4.78, 5) is 16.2. The third-order valence-electron chi connectivity index (χ3n) is 3.86. The number of anilines is 1. The molecule has 1 aromatic carbocycles. The fourth-order valence-corrected chi connectivity index (χ4v) is 4.16. The number of nitrogens with two attached hydrogens (primary N) is 1. The van der Waals surface area contributed by atoms with Gasteiger partial charge in [0.15, 0.2) is 0 Å². The van der Waals surface area contributed by atoms with Gasteiger partial charge in [0.05, 0.1) is 5.56 Å². The SMILES string of the molecule is NS(=O)(=O)c1cc(C(=O)N2CCN(c3ccc(F)cc3)CC2)cs1. The molecule has 9 heteroatoms. The minimum atomic E-state index is -3.79. The van der Waals surface area contributed by atoms with E-state index in [2.05, 4.69) is 4.90 Å². The van der Waals surface area contributed by atoms with Gasteiger partial charge in [0.1, 0.15) is 10.0 Å². The van der Waals surface area contributed by atoms with Crippen LogP contribution in [0.5, 0.6) is 0 Å². The molecular formula is C15H16FN3O3S2. The molecule has 1 aliphatic rings. The molecule has 128 valence electrons. The standard InChI is InChI=1S/C15H16FN3O3S2/c16-12-1-3-13(4-2-12)18-5-7-19(8-6-18)15(20)11-9-14(23-10-11)24(17,21)22/h1-4,9-10H,5-8H2,(H2,17,21,22). The second-order valence-corrected chi connectivity index (χ2v) is 8.15. The summed E-state index contributed by atoms with van der Waals surface area (Å²) in [5, 5.41) is 6.57. The van der Waals surface area contributed by atoms with Gasteiger partial charge < -0.3 is 9.80 Å². The van der Waals surface area contributed by atoms with Crippen molar-refractivity contribution >= 4 is 33.0 Å². The molecule has 0 atom stereocenters. The molecule has 1 fully saturated rings. The van der Waals surface area contributed by atoms with E-state index in [-0.39, 0.29) is 15.9 Å². The molecule has 1 aromatic heterocycles. The predicted octanol–water partition coefficient (Wildman–Crippen LogP) is 1.50. The fourth-order valence-electron chi connectivity index (χ4n) is 2.58. The van der Waals surface area contributed by atoms with Gasteiger partial charge in [-0.1, -0.05) is 0 Å². The minimum Gasteiger partial charge on any atom is -0.368 e. The maximum absolute atomic E-state index is 13.0. The normalized spacial score (nSPS) is 15.6. The Morgan fingerprint density at radius 1 is 1.12 bits per heavy atom. The second kappa shape index (κ2) is 6.50. The number of hydrogen-bond acceptors (Lipinski definition) is 5. The Morgan fingerprint density at radius 3 is 2.29 bits per heavy atom. The van der Waals surface area contributed by atoms with Crippen molar-refractivity contribution in [3.05, 3.63) is 47.1 Å². The first-order valence-electron chi connectivity index (χ1n) is 7.26. The Hall–Kier alpha value is -1.97. The fraction of sp³-hybridized carbons (Fsp3) is 0.267. The van der Waals surface area contributed by atoms with Crippen molar-refractivity contribution < 1.29 is 17.6 Å². The average Bonchev–Trinajstić information content (AvgIpc) is 3.05. The Kier molecular flexibility index (Phi) is 4.57. The molecule has 2 aromatic rings. The monoisotopic (exact) mass is 369 g/mol. The quantitative estimate of drug-likeness (QED) is 0.889. The van der Waals surface area contributed by atoms with E-state index in [4.69, 9.17) is 5.14 Å². The smallest absolute Gasteiger partial charge is 0.254 e. The number of sulfonamides is 1. The highest BCUT2D eigenvalue weighted by Gasteiger charge is 2.24. The van der Waals surface area contributed by atoms with Crippen molar-refractivity contribution in [2.24, 2.45) is 5.14 Å². The van der Waals surface area contributed by atoms with Crippen molar-refractivity contribution in [2.45, 2.75) is 4.21 Å². The van der Waals surface area contributed by atoms with E-state index in [9.17, 15) is 17.6 Å². The Labute approximate surface area is 143 Å². The van der Waals surface area contributed by atoms with E-state index >= 15 is 0 Å². The molecule has 0 unspecified atom stereocenters. The van der Waals surface area contributed by atoms with Crippen LogP contribution in [-0.2, 0) is 10.0 Å². The summed E-state index contributed by atoms with van der Waals surface area (Å²) in [6, 6.07) is 7.56. The van der Waals surface area contributed by atoms with Crippen molar-refractivity contribution in [1.82, 2.24) is 4.90 Å². The number of benzene rings is 1. The highest BCUT2D eigenvalue weighted by Crippen LogP contribution is 2.22. The summed E-state index contributed by atoms with van der Waals surface area (Å²) < 4.78 is 35.6. The molecule has 2 N–H and O–H groups in total. The molecule has 3 rings (SSSR count). The summed E-state index contributed by atoms with van der Waals surface area (Å²) >= 11 is 0.941. The molecule has 0 bridgehead atoms. The summed E-state index contributed by atoms with van der Waals surface area (Å²) in [7, 11) is -3.79. The number of halogens is 1. The highest BCUT2D eigenvalue weighted by molar-refractivity contribution is 7.91. The Bertz CT molecular complexity index is 841. The van der Waals surface area contributed by atoms with Gasteiger partial charge in [0.25, 0.3) is 5.91 Å². The van der Waals surface area contributed by atoms with Crippen LogP contribution in [0.1, 0.15) is 10.4 Å². The maximum Gasteiger partial charge on any atom is 0.254 e. The summed E-state index contributed by atoms with van der Waals surface area (Å²) in [6.07, 6.45) is 0. The van der Waals surface area contributed by atoms with Crippen LogP contribution in [0.25, 0.3) is 0 Å². The maximum atomic E-state index is 13.0. The van der Waals surface area contributed by atoms with Gasteiger partial charge in [-0.25, -0.2) is 17.9 Å². The van der Waals surface area contributed by atoms with Gasteiger partial charge in [0.2, 0.25) is 10.0 Å². The van der Waals surface area contributed by atoms with Crippen LogP contribution in [0.2, 0.25) is 0 Å². The summed E-state index contributed by atoms with van der Waals surface area (Å²) in [5.74, 6) is -0.490. The third kappa shape index (κ3) is 3.58. The van der Waals surface area contributed by atoms with E-state index in [1.165, 1.54) is 23.6 Å². The van der Waals surface area contributed by atoms with Gasteiger partial charge in [-0.05, 0) is 30.3 Å². The first kappa shape index (κ1) is 16.9. The molecule has 24 heavy (non-hydrogen) atoms. The van der Waals surface area contributed by atoms with Crippen LogP contribution < -0.4 is 10.0 Å². The van der Waals surface area contributed by atoms with Crippen LogP contribution in [0.4, 0.5) is 10.1 Å². The number of rotatable bonds is 3. The number of nitrogens with zero attached hydrogens (tertiary/aromatic N) is 2. The molecular weight excluding hydrogens is 353 g/mol. The summed E-state index contributed by atoms with van der Waals surface area (Å²) in [5.41, 5.74) is 1.25. The topological polar surface area (TPSA) is 83.7 Å². The lowest BCUT2D eigenvalue weighted by atomic mass is 10.2. The van der Waals surface area contributed by atoms with Crippen LogP contribution in [0.3, 0.4) is 0 Å². The number of amides is 1. The third-order valence-corrected chi connectivity index (χ3v) is 6.25. The first-order chi connectivity index (χ1) is 11.3.